The average Bonchev–Trinajstić information content (AvgIpc) is 1.94. The normalized spacial score (nSPS) is 5.87. The van der Waals surface area contributed by atoms with Gasteiger partial charge in [0.25, 0.3) is 0 Å². The molecule has 0 rings (SSSR count). The van der Waals surface area contributed by atoms with Gasteiger partial charge in [-0.2, -0.15) is 0 Å². The Morgan fingerprint density at radius 2 is 0.304 bits per heavy atom. The van der Waals surface area contributed by atoms with Gasteiger partial charge in [-0.25, -0.2) is 0 Å². The van der Waals surface area contributed by atoms with Crippen molar-refractivity contribution in [2.45, 2.75) is 0 Å². The van der Waals surface area contributed by atoms with Gasteiger partial charge in [-0.15, -0.1) is 0 Å². The van der Waals surface area contributed by atoms with Crippen LogP contribution in [-0.4, -0.2) is 135 Å². The van der Waals surface area contributed by atoms with Crippen LogP contribution in [0.1, 0.15) is 0 Å². The number of hydrogen-bond acceptors (Lipinski definition) is 15. The molecule has 0 aromatic carbocycles. The molecule has 0 bridgehead atoms. The Bertz CT molecular complexity index is 92.4. The molecule has 23 heavy (non-hydrogen) atoms. The third-order valence-electron chi connectivity index (χ3n) is 0. The van der Waals surface area contributed by atoms with E-state index in [0.29, 0.717) is 0 Å². The summed E-state index contributed by atoms with van der Waals surface area (Å²) in [5.41, 5.74) is 0. The molecule has 134 valence electrons. The molecule has 0 unspecified atom stereocenters. The summed E-state index contributed by atoms with van der Waals surface area (Å²) in [7, 11) is -10.8. The fourth-order valence-electron chi connectivity index (χ4n) is 0. The molecule has 0 heterocycles. The molecule has 0 aromatic rings. The summed E-state index contributed by atoms with van der Waals surface area (Å²) in [5, 5.41) is 108. The SMILES string of the molecule is OB(O)O.OB(O)O.OB(O)O.OB(O)O.OB(O)O.[Gd].[MgH2].[Zn]. The van der Waals surface area contributed by atoms with Crippen LogP contribution in [-0.2, 0) is 19.5 Å². The van der Waals surface area contributed by atoms with Crippen LogP contribution < -0.4 is 0 Å². The fourth-order valence-corrected chi connectivity index (χ4v) is 0. The third-order valence-corrected chi connectivity index (χ3v) is 0. The molecule has 0 aromatic heterocycles. The number of hydrogen-bond donors (Lipinski definition) is 15. The number of rotatable bonds is 0. The average molecular weight is 558 g/mol. The molecule has 0 saturated carbocycles. The fraction of sp³-hybridized carbons (Fsp3) is 0. The zero-order chi connectivity index (χ0) is 17.9. The maximum absolute atomic E-state index is 7.17. The molecule has 0 aliphatic rings. The Hall–Kier alpha value is 2.44. The Kier molecular flexibility index (Phi) is 95.9. The zero-order valence-corrected chi connectivity index (χ0v) is 15.9. The second kappa shape index (κ2) is 44.1. The molecule has 0 amide bonds. The first-order valence-corrected chi connectivity index (χ1v) is 3.87. The molecule has 15 N–H and O–H groups in total. The van der Waals surface area contributed by atoms with Gasteiger partial charge in [0.1, 0.15) is 0 Å². The van der Waals surface area contributed by atoms with Crippen LogP contribution >= 0.6 is 0 Å². The van der Waals surface area contributed by atoms with Crippen LogP contribution in [0, 0.1) is 39.9 Å². The molecule has 0 saturated heterocycles. The van der Waals surface area contributed by atoms with Crippen LogP contribution in [0.25, 0.3) is 0 Å². The molecular formula is H17B5GdMgO15Zn. The quantitative estimate of drug-likeness (QED) is 0.123. The smallest absolute Gasteiger partial charge is 0.402 e. The largest absolute Gasteiger partial charge is 0.631 e. The van der Waals surface area contributed by atoms with Crippen LogP contribution in [0.15, 0.2) is 0 Å². The van der Waals surface area contributed by atoms with E-state index in [1.165, 1.54) is 0 Å². The van der Waals surface area contributed by atoms with Gasteiger partial charge in [-0.05, 0) is 0 Å². The maximum Gasteiger partial charge on any atom is 0.631 e. The van der Waals surface area contributed by atoms with Gasteiger partial charge in [-0.3, -0.25) is 0 Å². The first kappa shape index (κ1) is 50.0. The molecule has 15 nitrogen and oxygen atoms in total. The van der Waals surface area contributed by atoms with Gasteiger partial charge in [0, 0.05) is 59.4 Å². The molecular weight excluding hydrogens is 541 g/mol. The monoisotopic (exact) mass is 558 g/mol. The Morgan fingerprint density at radius 3 is 0.304 bits per heavy atom. The van der Waals surface area contributed by atoms with E-state index >= 15 is 0 Å². The van der Waals surface area contributed by atoms with Gasteiger partial charge >= 0.3 is 59.7 Å². The predicted molar refractivity (Wildman–Crippen MR) is 70.6 cm³/mol. The van der Waals surface area contributed by atoms with Crippen molar-refractivity contribution in [3.8, 4) is 0 Å². The maximum atomic E-state index is 7.17. The van der Waals surface area contributed by atoms with Crippen molar-refractivity contribution in [2.75, 3.05) is 0 Å². The topological polar surface area (TPSA) is 303 Å². The van der Waals surface area contributed by atoms with Crippen molar-refractivity contribution in [2.24, 2.45) is 0 Å². The van der Waals surface area contributed by atoms with Gasteiger partial charge in [-0.1, -0.05) is 0 Å². The zero-order valence-electron chi connectivity index (χ0n) is 10.7. The summed E-state index contributed by atoms with van der Waals surface area (Å²) in [6.07, 6.45) is 0. The summed E-state index contributed by atoms with van der Waals surface area (Å²) in [5.74, 6) is 0. The first-order chi connectivity index (χ1) is 8.66. The first-order valence-electron chi connectivity index (χ1n) is 3.87. The van der Waals surface area contributed by atoms with E-state index in [1.54, 1.807) is 0 Å². The second-order valence-electron chi connectivity index (χ2n) is 1.73. The summed E-state index contributed by atoms with van der Waals surface area (Å²) in [6.45, 7) is 0. The Morgan fingerprint density at radius 1 is 0.304 bits per heavy atom. The summed E-state index contributed by atoms with van der Waals surface area (Å²) >= 11 is 0. The van der Waals surface area contributed by atoms with Crippen molar-refractivity contribution in [1.29, 1.82) is 0 Å². The van der Waals surface area contributed by atoms with Crippen LogP contribution in [0.3, 0.4) is 0 Å². The minimum atomic E-state index is -2.17. The van der Waals surface area contributed by atoms with Gasteiger partial charge in [0.15, 0.2) is 0 Å². The van der Waals surface area contributed by atoms with Crippen molar-refractivity contribution >= 4 is 59.7 Å². The van der Waals surface area contributed by atoms with Crippen LogP contribution in [0.2, 0.25) is 0 Å². The van der Waals surface area contributed by atoms with E-state index < -0.39 is 36.6 Å². The molecule has 0 spiro atoms. The van der Waals surface area contributed by atoms with Crippen molar-refractivity contribution in [3.63, 3.8) is 0 Å². The van der Waals surface area contributed by atoms with Gasteiger partial charge in [0.05, 0.1) is 0 Å². The molecule has 0 aliphatic carbocycles. The molecule has 0 atom stereocenters. The van der Waals surface area contributed by atoms with Crippen molar-refractivity contribution in [3.05, 3.63) is 0 Å². The second-order valence-corrected chi connectivity index (χ2v) is 1.73. The Labute approximate surface area is 192 Å². The van der Waals surface area contributed by atoms with Gasteiger partial charge in [0.2, 0.25) is 0 Å². The molecule has 0 fully saturated rings. The Balaban J connectivity index is -0.0000000197. The van der Waals surface area contributed by atoms with E-state index in [1.807, 2.05) is 0 Å². The van der Waals surface area contributed by atoms with Crippen molar-refractivity contribution < 1.29 is 135 Å². The van der Waals surface area contributed by atoms with E-state index in [2.05, 4.69) is 0 Å². The van der Waals surface area contributed by atoms with E-state index in [9.17, 15) is 0 Å². The molecule has 0 aliphatic heterocycles. The standard InChI is InChI=1S/5BH3O3.Gd.Mg.Zn.2H/c5*2-1(3)4;;;;;/h5*2-4H;;;;;. The van der Waals surface area contributed by atoms with E-state index in [4.69, 9.17) is 75.4 Å². The van der Waals surface area contributed by atoms with Crippen molar-refractivity contribution in [1.82, 2.24) is 0 Å². The van der Waals surface area contributed by atoms with Crippen LogP contribution in [0.4, 0.5) is 0 Å². The summed E-state index contributed by atoms with van der Waals surface area (Å²) in [4.78, 5) is 0. The summed E-state index contributed by atoms with van der Waals surface area (Å²) < 4.78 is 0. The summed E-state index contributed by atoms with van der Waals surface area (Å²) in [6, 6.07) is 0. The van der Waals surface area contributed by atoms with Gasteiger partial charge < -0.3 is 75.4 Å². The molecule has 0 radical (unpaired) electrons. The molecule has 23 heteroatoms. The van der Waals surface area contributed by atoms with Crippen LogP contribution in [0.5, 0.6) is 0 Å². The third kappa shape index (κ3) is 2070. The minimum absolute atomic E-state index is 0. The van der Waals surface area contributed by atoms with E-state index in [-0.39, 0.29) is 82.5 Å². The minimum Gasteiger partial charge on any atom is -0.402 e. The predicted octanol–water partition coefficient (Wildman–Crippen LogP) is -11.2. The van der Waals surface area contributed by atoms with E-state index in [0.717, 1.165) is 0 Å².